The van der Waals surface area contributed by atoms with Crippen molar-refractivity contribution in [1.82, 2.24) is 29.7 Å². The van der Waals surface area contributed by atoms with Gasteiger partial charge in [0.1, 0.15) is 24.5 Å². The number of halogens is 1. The Labute approximate surface area is 256 Å². The maximum atomic E-state index is 13.0. The molecule has 0 radical (unpaired) electrons. The molecule has 4 atom stereocenters. The van der Waals surface area contributed by atoms with Crippen LogP contribution in [0.25, 0.3) is 5.65 Å². The summed E-state index contributed by atoms with van der Waals surface area (Å²) in [6.45, 7) is 0.253. The maximum absolute atomic E-state index is 13.0. The van der Waals surface area contributed by atoms with Gasteiger partial charge in [0.25, 0.3) is 0 Å². The fourth-order valence-corrected chi connectivity index (χ4v) is 6.50. The van der Waals surface area contributed by atoms with E-state index in [1.165, 1.54) is 11.2 Å². The summed E-state index contributed by atoms with van der Waals surface area (Å²) in [5.74, 6) is 0.606. The number of aliphatic hydroxyl groups excluding tert-OH is 1. The highest BCUT2D eigenvalue weighted by Gasteiger charge is 2.45. The molecule has 2 saturated carbocycles. The molecule has 44 heavy (non-hydrogen) atoms. The van der Waals surface area contributed by atoms with Crippen molar-refractivity contribution in [3.63, 3.8) is 0 Å². The second kappa shape index (κ2) is 10.2. The Kier molecular flexibility index (Phi) is 6.27. The zero-order valence-electron chi connectivity index (χ0n) is 23.4. The van der Waals surface area contributed by atoms with Gasteiger partial charge >= 0.3 is 6.03 Å². The average Bonchev–Trinajstić information content (AvgIpc) is 3.90. The summed E-state index contributed by atoms with van der Waals surface area (Å²) in [6, 6.07) is 6.36. The van der Waals surface area contributed by atoms with Gasteiger partial charge in [-0.2, -0.15) is 0 Å². The van der Waals surface area contributed by atoms with Crippen molar-refractivity contribution in [3.8, 4) is 0 Å². The number of anilines is 3. The minimum absolute atomic E-state index is 0.0123. The minimum Gasteiger partial charge on any atom is -0.391 e. The predicted molar refractivity (Wildman–Crippen MR) is 160 cm³/mol. The first kappa shape index (κ1) is 27.0. The molecule has 0 aromatic carbocycles. The summed E-state index contributed by atoms with van der Waals surface area (Å²) in [6.07, 6.45) is 9.60. The number of imide groups is 1. The number of carbonyl (C=O) groups excluding carboxylic acids is 3. The average molecular weight is 614 g/mol. The lowest BCUT2D eigenvalue weighted by Crippen LogP contribution is -2.28. The van der Waals surface area contributed by atoms with E-state index < -0.39 is 12.1 Å². The van der Waals surface area contributed by atoms with Gasteiger partial charge in [0.05, 0.1) is 23.5 Å². The number of hydrogen-bond donors (Lipinski definition) is 3. The van der Waals surface area contributed by atoms with Gasteiger partial charge in [0.15, 0.2) is 5.65 Å². The highest BCUT2D eigenvalue weighted by atomic mass is 35.5. The summed E-state index contributed by atoms with van der Waals surface area (Å²) < 4.78 is 1.91. The Morgan fingerprint density at radius 2 is 1.93 bits per heavy atom. The Balaban J connectivity index is 1.06. The number of pyridine rings is 2. The first-order valence-corrected chi connectivity index (χ1v) is 15.0. The van der Waals surface area contributed by atoms with Crippen LogP contribution in [0.4, 0.5) is 22.1 Å². The van der Waals surface area contributed by atoms with Crippen LogP contribution in [-0.4, -0.2) is 66.5 Å². The Morgan fingerprint density at radius 3 is 2.70 bits per heavy atom. The minimum atomic E-state index is -0.626. The third-order valence-corrected chi connectivity index (χ3v) is 9.01. The smallest absolute Gasteiger partial charge is 0.329 e. The molecule has 4 amide bonds. The fourth-order valence-electron chi connectivity index (χ4n) is 6.33. The highest BCUT2D eigenvalue weighted by Crippen LogP contribution is 2.48. The van der Waals surface area contributed by atoms with Gasteiger partial charge in [-0.1, -0.05) is 11.6 Å². The Morgan fingerprint density at radius 1 is 1.07 bits per heavy atom. The lowest BCUT2D eigenvalue weighted by Gasteiger charge is -2.24. The normalized spacial score (nSPS) is 24.7. The molecule has 4 fully saturated rings. The number of hydrogen-bond acceptors (Lipinski definition) is 9. The summed E-state index contributed by atoms with van der Waals surface area (Å²) >= 11 is 6.10. The third kappa shape index (κ3) is 4.91. The number of imidazole rings is 1. The number of nitrogens with zero attached hydrogens (tertiary/aromatic N) is 7. The Hall–Kier alpha value is -4.62. The van der Waals surface area contributed by atoms with Crippen LogP contribution in [0.15, 0.2) is 49.2 Å². The van der Waals surface area contributed by atoms with E-state index >= 15 is 0 Å². The number of nitrogens with one attached hydrogen (secondary N) is 2. The molecule has 0 unspecified atom stereocenters. The monoisotopic (exact) mass is 613 g/mol. The second-order valence-corrected chi connectivity index (χ2v) is 12.4. The van der Waals surface area contributed by atoms with Gasteiger partial charge in [-0.15, -0.1) is 0 Å². The van der Waals surface area contributed by atoms with E-state index in [2.05, 4.69) is 25.6 Å². The van der Waals surface area contributed by atoms with E-state index in [-0.39, 0.29) is 36.2 Å². The van der Waals surface area contributed by atoms with Gasteiger partial charge in [0.2, 0.25) is 11.8 Å². The van der Waals surface area contributed by atoms with E-state index in [9.17, 15) is 19.5 Å². The third-order valence-electron chi connectivity index (χ3n) is 8.77. The van der Waals surface area contributed by atoms with Crippen LogP contribution in [-0.2, 0) is 9.59 Å². The van der Waals surface area contributed by atoms with E-state index in [0.717, 1.165) is 24.1 Å². The number of aromatic nitrogens is 5. The molecular formula is C30H28ClN9O4. The molecule has 0 bridgehead atoms. The number of fused-ring (bicyclic) bond motifs is 1. The molecule has 224 valence electrons. The summed E-state index contributed by atoms with van der Waals surface area (Å²) in [7, 11) is 0. The van der Waals surface area contributed by atoms with Crippen molar-refractivity contribution in [2.75, 3.05) is 28.2 Å². The van der Waals surface area contributed by atoms with E-state index in [1.807, 2.05) is 27.8 Å². The number of urea groups is 1. The van der Waals surface area contributed by atoms with Crippen LogP contribution in [0.1, 0.15) is 60.5 Å². The molecule has 0 spiro atoms. The molecule has 4 aromatic heterocycles. The quantitative estimate of drug-likeness (QED) is 0.266. The molecule has 3 N–H and O–H groups in total. The SMILES string of the molecule is O=C1CN(c2cc(C3CC3)cn3cc([C@H]4C[C@H](O)CN4c4cc(NC(=O)[C@H]5C[C@@H]5c5cc(Cl)ccn5)ncn4)nc23)C(=O)N1. The molecular weight excluding hydrogens is 586 g/mol. The van der Waals surface area contributed by atoms with Crippen molar-refractivity contribution >= 4 is 52.4 Å². The molecule has 2 aliphatic heterocycles. The first-order valence-electron chi connectivity index (χ1n) is 14.6. The number of aliphatic hydroxyl groups is 1. The van der Waals surface area contributed by atoms with Crippen LogP contribution in [0, 0.1) is 5.92 Å². The molecule has 2 saturated heterocycles. The van der Waals surface area contributed by atoms with Crippen molar-refractivity contribution in [2.45, 2.75) is 49.7 Å². The predicted octanol–water partition coefficient (Wildman–Crippen LogP) is 3.16. The van der Waals surface area contributed by atoms with Gasteiger partial charge in [-0.05, 0) is 48.9 Å². The molecule has 8 rings (SSSR count). The molecule has 13 nitrogen and oxygen atoms in total. The fraction of sp³-hybridized carbons (Fsp3) is 0.367. The lowest BCUT2D eigenvalue weighted by atomic mass is 10.1. The largest absolute Gasteiger partial charge is 0.391 e. The van der Waals surface area contributed by atoms with Crippen molar-refractivity contribution in [3.05, 3.63) is 71.2 Å². The van der Waals surface area contributed by atoms with E-state index in [4.69, 9.17) is 16.6 Å². The summed E-state index contributed by atoms with van der Waals surface area (Å²) in [5, 5.41) is 16.6. The molecule has 4 aromatic rings. The van der Waals surface area contributed by atoms with Crippen LogP contribution in [0.3, 0.4) is 0 Å². The zero-order chi connectivity index (χ0) is 30.1. The van der Waals surface area contributed by atoms with Gasteiger partial charge in [-0.3, -0.25) is 24.8 Å². The lowest BCUT2D eigenvalue weighted by molar-refractivity contribution is -0.118. The molecule has 2 aliphatic carbocycles. The van der Waals surface area contributed by atoms with Crippen LogP contribution < -0.4 is 20.4 Å². The zero-order valence-corrected chi connectivity index (χ0v) is 24.2. The van der Waals surface area contributed by atoms with Crippen molar-refractivity contribution < 1.29 is 19.5 Å². The number of amides is 4. The number of rotatable bonds is 7. The maximum Gasteiger partial charge on any atom is 0.329 e. The summed E-state index contributed by atoms with van der Waals surface area (Å²) in [4.78, 5) is 59.0. The second-order valence-electron chi connectivity index (χ2n) is 11.9. The van der Waals surface area contributed by atoms with Gasteiger partial charge in [-0.25, -0.2) is 19.7 Å². The van der Waals surface area contributed by atoms with Gasteiger partial charge < -0.3 is 19.7 Å². The summed E-state index contributed by atoms with van der Waals surface area (Å²) in [5.41, 5.74) is 3.71. The van der Waals surface area contributed by atoms with E-state index in [1.54, 1.807) is 24.4 Å². The Bertz CT molecular complexity index is 1840. The molecule has 4 aliphatic rings. The topological polar surface area (TPSA) is 158 Å². The van der Waals surface area contributed by atoms with Gasteiger partial charge in [0, 0.05) is 60.2 Å². The molecule has 14 heteroatoms. The van der Waals surface area contributed by atoms with Crippen LogP contribution in [0.5, 0.6) is 0 Å². The first-order chi connectivity index (χ1) is 21.3. The van der Waals surface area contributed by atoms with E-state index in [0.29, 0.717) is 59.0 Å². The van der Waals surface area contributed by atoms with Crippen LogP contribution in [0.2, 0.25) is 5.02 Å². The number of β-amino-alcohol motifs (C(OH)–C–C–N with tert-alkyl or cyclic N) is 1. The van der Waals surface area contributed by atoms with Crippen molar-refractivity contribution in [2.24, 2.45) is 5.92 Å². The highest BCUT2D eigenvalue weighted by molar-refractivity contribution is 6.30. The van der Waals surface area contributed by atoms with Crippen molar-refractivity contribution in [1.29, 1.82) is 0 Å². The van der Waals surface area contributed by atoms with Crippen LogP contribution >= 0.6 is 11.6 Å². The number of carbonyl (C=O) groups is 3. The standard InChI is InChI=1S/C30H28ClN9O4/c31-17-3-4-32-21(6-17)19-8-20(19)29(43)36-25-9-26(34-14-33-25)39-11-18(41)7-23(39)22-12-38-10-16(15-1-2-15)5-24(28(38)35-22)40-13-27(42)37-30(40)44/h3-6,9-10,12,14-15,18-20,23,41H,1-2,7-8,11,13H2,(H,37,42,44)(H,33,34,36,43)/t18-,19-,20-,23+/m0/s1. The molecule has 6 heterocycles.